The number of halogens is 6. The summed E-state index contributed by atoms with van der Waals surface area (Å²) >= 11 is 0. The van der Waals surface area contributed by atoms with Crippen molar-refractivity contribution in [1.29, 1.82) is 0 Å². The van der Waals surface area contributed by atoms with Gasteiger partial charge in [-0.1, -0.05) is 18.2 Å². The van der Waals surface area contributed by atoms with Crippen molar-refractivity contribution in [3.63, 3.8) is 0 Å². The first-order chi connectivity index (χ1) is 15.7. The maximum atomic E-state index is 14.7. The van der Waals surface area contributed by atoms with Crippen molar-refractivity contribution in [3.8, 4) is 16.9 Å². The van der Waals surface area contributed by atoms with Gasteiger partial charge in [0.2, 0.25) is 5.82 Å². The number of alkyl halides is 2. The van der Waals surface area contributed by atoms with E-state index in [-0.39, 0.29) is 6.61 Å². The van der Waals surface area contributed by atoms with Crippen molar-refractivity contribution in [1.82, 2.24) is 0 Å². The summed E-state index contributed by atoms with van der Waals surface area (Å²) in [6, 6.07) is 3.49. The van der Waals surface area contributed by atoms with E-state index in [0.717, 1.165) is 24.6 Å². The van der Waals surface area contributed by atoms with Crippen LogP contribution in [0.2, 0.25) is 0 Å². The summed E-state index contributed by atoms with van der Waals surface area (Å²) < 4.78 is 97.1. The van der Waals surface area contributed by atoms with E-state index in [4.69, 9.17) is 9.47 Å². The molecule has 0 spiro atoms. The average molecular weight is 472 g/mol. The molecule has 0 saturated heterocycles. The van der Waals surface area contributed by atoms with Crippen LogP contribution in [-0.4, -0.2) is 12.7 Å². The second kappa shape index (κ2) is 10.6. The van der Waals surface area contributed by atoms with Gasteiger partial charge in [0.15, 0.2) is 23.2 Å². The molecule has 1 aliphatic carbocycles. The molecule has 0 aliphatic heterocycles. The zero-order valence-corrected chi connectivity index (χ0v) is 18.4. The minimum atomic E-state index is -4.08. The van der Waals surface area contributed by atoms with Gasteiger partial charge in [-0.15, -0.1) is 0 Å². The number of hydrogen-bond donors (Lipinski definition) is 0. The number of allylic oxidation sites excluding steroid dienone is 2. The van der Waals surface area contributed by atoms with Crippen LogP contribution in [0.1, 0.15) is 51.5 Å². The zero-order chi connectivity index (χ0) is 24.2. The van der Waals surface area contributed by atoms with Crippen LogP contribution >= 0.6 is 0 Å². The second-order valence-electron chi connectivity index (χ2n) is 8.04. The molecule has 0 atom stereocenters. The quantitative estimate of drug-likeness (QED) is 0.287. The molecule has 0 N–H and O–H groups in total. The number of hydrogen-bond acceptors (Lipinski definition) is 2. The van der Waals surface area contributed by atoms with Crippen LogP contribution in [-0.2, 0) is 10.8 Å². The van der Waals surface area contributed by atoms with Gasteiger partial charge in [0.25, 0.3) is 0 Å². The van der Waals surface area contributed by atoms with E-state index in [2.05, 4.69) is 0 Å². The highest BCUT2D eigenvalue weighted by molar-refractivity contribution is 5.66. The lowest BCUT2D eigenvalue weighted by molar-refractivity contribution is -0.279. The zero-order valence-electron chi connectivity index (χ0n) is 18.4. The SMILES string of the molecule is C/C=C\CC1CCC(OC(F)(F)c2ccc(-c3ccc(OCC)c(F)c3F)c(F)c2F)CC1. The molecule has 0 bridgehead atoms. The first kappa shape index (κ1) is 25.1. The molecule has 1 saturated carbocycles. The van der Waals surface area contributed by atoms with E-state index in [0.29, 0.717) is 37.7 Å². The molecular formula is C25H26F6O2. The van der Waals surface area contributed by atoms with Crippen molar-refractivity contribution < 1.29 is 35.8 Å². The largest absolute Gasteiger partial charge is 0.491 e. The molecular weight excluding hydrogens is 446 g/mol. The molecule has 0 unspecified atom stereocenters. The normalized spacial score (nSPS) is 19.3. The maximum Gasteiger partial charge on any atom is 0.386 e. The van der Waals surface area contributed by atoms with Gasteiger partial charge in [-0.3, -0.25) is 0 Å². The highest BCUT2D eigenvalue weighted by atomic mass is 19.3. The highest BCUT2D eigenvalue weighted by Gasteiger charge is 2.41. The molecule has 2 aromatic rings. The smallest absolute Gasteiger partial charge is 0.386 e. The van der Waals surface area contributed by atoms with Crippen molar-refractivity contribution >= 4 is 0 Å². The lowest BCUT2D eigenvalue weighted by Crippen LogP contribution is -2.30. The predicted octanol–water partition coefficient (Wildman–Crippen LogP) is 7.90. The lowest BCUT2D eigenvalue weighted by Gasteiger charge is -2.31. The van der Waals surface area contributed by atoms with E-state index < -0.39 is 57.9 Å². The Hall–Kier alpha value is -2.48. The van der Waals surface area contributed by atoms with E-state index in [1.165, 1.54) is 0 Å². The molecule has 8 heteroatoms. The van der Waals surface area contributed by atoms with Gasteiger partial charge >= 0.3 is 6.11 Å². The molecule has 0 amide bonds. The molecule has 0 heterocycles. The van der Waals surface area contributed by atoms with Crippen LogP contribution in [0.4, 0.5) is 26.3 Å². The van der Waals surface area contributed by atoms with Gasteiger partial charge in [-0.25, -0.2) is 13.2 Å². The Morgan fingerprint density at radius 1 is 0.879 bits per heavy atom. The fourth-order valence-electron chi connectivity index (χ4n) is 4.08. The summed E-state index contributed by atoms with van der Waals surface area (Å²) in [6.07, 6.45) is 2.13. The van der Waals surface area contributed by atoms with Gasteiger partial charge in [-0.05, 0) is 70.1 Å². The molecule has 180 valence electrons. The summed E-state index contributed by atoms with van der Waals surface area (Å²) in [5.41, 5.74) is -2.58. The monoisotopic (exact) mass is 472 g/mol. The Balaban J connectivity index is 1.81. The van der Waals surface area contributed by atoms with Crippen LogP contribution in [0, 0.1) is 29.2 Å². The Morgan fingerprint density at radius 2 is 1.48 bits per heavy atom. The Bertz CT molecular complexity index is 997. The molecule has 33 heavy (non-hydrogen) atoms. The van der Waals surface area contributed by atoms with Crippen LogP contribution in [0.5, 0.6) is 5.75 Å². The third-order valence-corrected chi connectivity index (χ3v) is 5.85. The van der Waals surface area contributed by atoms with Crippen molar-refractivity contribution in [2.24, 2.45) is 5.92 Å². The van der Waals surface area contributed by atoms with E-state index in [1.807, 2.05) is 19.1 Å². The average Bonchev–Trinajstić information content (AvgIpc) is 2.78. The van der Waals surface area contributed by atoms with Gasteiger partial charge < -0.3 is 9.47 Å². The second-order valence-corrected chi connectivity index (χ2v) is 8.04. The van der Waals surface area contributed by atoms with E-state index >= 15 is 0 Å². The third-order valence-electron chi connectivity index (χ3n) is 5.85. The molecule has 0 radical (unpaired) electrons. The van der Waals surface area contributed by atoms with Crippen LogP contribution in [0.25, 0.3) is 11.1 Å². The van der Waals surface area contributed by atoms with Crippen molar-refractivity contribution in [2.45, 2.75) is 58.2 Å². The topological polar surface area (TPSA) is 18.5 Å². The van der Waals surface area contributed by atoms with Crippen LogP contribution in [0.3, 0.4) is 0 Å². The first-order valence-corrected chi connectivity index (χ1v) is 11.0. The lowest BCUT2D eigenvalue weighted by atomic mass is 9.85. The molecule has 1 fully saturated rings. The highest BCUT2D eigenvalue weighted by Crippen LogP contribution is 2.40. The van der Waals surface area contributed by atoms with Gasteiger partial charge in [0, 0.05) is 11.1 Å². The van der Waals surface area contributed by atoms with Gasteiger partial charge in [0.1, 0.15) is 0 Å². The standard InChI is InChI=1S/C25H26F6O2/c1-3-5-6-15-7-9-16(10-8-15)33-25(30,31)19-13-11-17(21(26)23(19)28)18-12-14-20(32-4-2)24(29)22(18)27/h3,5,11-16H,4,6-10H2,1-2H3/b5-3-. The minimum absolute atomic E-state index is 0.0694. The summed E-state index contributed by atoms with van der Waals surface area (Å²) in [7, 11) is 0. The van der Waals surface area contributed by atoms with Gasteiger partial charge in [0.05, 0.1) is 18.3 Å². The predicted molar refractivity (Wildman–Crippen MR) is 113 cm³/mol. The maximum absolute atomic E-state index is 14.7. The molecule has 0 aromatic heterocycles. The van der Waals surface area contributed by atoms with Crippen LogP contribution < -0.4 is 4.74 Å². The summed E-state index contributed by atoms with van der Waals surface area (Å²) in [6.45, 7) is 3.55. The van der Waals surface area contributed by atoms with Crippen molar-refractivity contribution in [3.05, 3.63) is 65.2 Å². The Morgan fingerprint density at radius 3 is 2.09 bits per heavy atom. The van der Waals surface area contributed by atoms with Crippen molar-refractivity contribution in [2.75, 3.05) is 6.61 Å². The van der Waals surface area contributed by atoms with E-state index in [9.17, 15) is 26.3 Å². The number of benzene rings is 2. The first-order valence-electron chi connectivity index (χ1n) is 11.0. The van der Waals surface area contributed by atoms with Crippen LogP contribution in [0.15, 0.2) is 36.4 Å². The fourth-order valence-corrected chi connectivity index (χ4v) is 4.08. The van der Waals surface area contributed by atoms with Gasteiger partial charge in [-0.2, -0.15) is 13.2 Å². The number of ether oxygens (including phenoxy) is 2. The molecule has 2 aromatic carbocycles. The minimum Gasteiger partial charge on any atom is -0.491 e. The Labute approximate surface area is 189 Å². The molecule has 1 aliphatic rings. The third kappa shape index (κ3) is 5.54. The molecule has 2 nitrogen and oxygen atoms in total. The summed E-state index contributed by atoms with van der Waals surface area (Å²) in [4.78, 5) is 0. The summed E-state index contributed by atoms with van der Waals surface area (Å²) in [5, 5.41) is 0. The summed E-state index contributed by atoms with van der Waals surface area (Å²) in [5.74, 6) is -6.44. The Kier molecular flexibility index (Phi) is 8.10. The fraction of sp³-hybridized carbons (Fsp3) is 0.440. The number of rotatable bonds is 8. The van der Waals surface area contributed by atoms with E-state index in [1.54, 1.807) is 6.92 Å². The molecule has 3 rings (SSSR count).